The number of sulfonamides is 1. The van der Waals surface area contributed by atoms with Crippen LogP contribution in [-0.2, 0) is 21.2 Å². The number of likely N-dealkylation sites (tertiary alicyclic amines) is 1. The number of fused-ring (bicyclic) bond motifs is 1. The zero-order chi connectivity index (χ0) is 21.5. The fourth-order valence-electron chi connectivity index (χ4n) is 4.30. The van der Waals surface area contributed by atoms with E-state index < -0.39 is 10.0 Å². The van der Waals surface area contributed by atoms with Crippen LogP contribution in [0, 0.1) is 0 Å². The molecule has 1 saturated heterocycles. The molecule has 2 aliphatic heterocycles. The molecule has 160 valence electrons. The van der Waals surface area contributed by atoms with Crippen molar-refractivity contribution in [1.82, 2.24) is 9.62 Å². The molecule has 1 N–H and O–H groups in total. The summed E-state index contributed by atoms with van der Waals surface area (Å²) in [6.45, 7) is 4.39. The largest absolute Gasteiger partial charge is 0.459 e. The number of hydrogen-bond donors (Lipinski definition) is 1. The number of amides is 2. The number of carbonyl (C=O) groups excluding carboxylic acids is 2. The molecule has 2 aromatic rings. The number of rotatable bonds is 4. The van der Waals surface area contributed by atoms with Crippen molar-refractivity contribution in [1.29, 1.82) is 0 Å². The quantitative estimate of drug-likeness (QED) is 0.800. The smallest absolute Gasteiger partial charge is 0.289 e. The van der Waals surface area contributed by atoms with Crippen LogP contribution in [0.15, 0.2) is 45.9 Å². The summed E-state index contributed by atoms with van der Waals surface area (Å²) < 4.78 is 33.7. The highest BCUT2D eigenvalue weighted by Gasteiger charge is 2.32. The number of anilines is 1. The Morgan fingerprint density at radius 2 is 1.90 bits per heavy atom. The molecule has 30 heavy (non-hydrogen) atoms. The van der Waals surface area contributed by atoms with Crippen molar-refractivity contribution in [2.24, 2.45) is 0 Å². The highest BCUT2D eigenvalue weighted by atomic mass is 32.2. The fraction of sp³-hybridized carbons (Fsp3) is 0.429. The van der Waals surface area contributed by atoms with Crippen LogP contribution >= 0.6 is 0 Å². The number of benzene rings is 1. The van der Waals surface area contributed by atoms with Crippen molar-refractivity contribution >= 4 is 27.5 Å². The predicted octanol–water partition coefficient (Wildman–Crippen LogP) is 2.16. The van der Waals surface area contributed by atoms with Crippen LogP contribution in [0.3, 0.4) is 0 Å². The first-order valence-corrected chi connectivity index (χ1v) is 11.5. The Morgan fingerprint density at radius 3 is 2.53 bits per heavy atom. The van der Waals surface area contributed by atoms with Crippen molar-refractivity contribution in [3.05, 3.63) is 47.9 Å². The molecule has 4 rings (SSSR count). The topological polar surface area (TPSA) is 99.9 Å². The summed E-state index contributed by atoms with van der Waals surface area (Å²) >= 11 is 0. The van der Waals surface area contributed by atoms with Gasteiger partial charge < -0.3 is 14.2 Å². The molecule has 8 nitrogen and oxygen atoms in total. The maximum absolute atomic E-state index is 12.9. The van der Waals surface area contributed by atoms with Crippen LogP contribution in [-0.4, -0.2) is 50.3 Å². The number of carbonyl (C=O) groups is 2. The third kappa shape index (κ3) is 3.87. The van der Waals surface area contributed by atoms with Crippen molar-refractivity contribution in [3.8, 4) is 0 Å². The first-order valence-electron chi connectivity index (χ1n) is 10.0. The monoisotopic (exact) mass is 431 g/mol. The highest BCUT2D eigenvalue weighted by Crippen LogP contribution is 2.34. The number of hydrogen-bond acceptors (Lipinski definition) is 5. The third-order valence-electron chi connectivity index (χ3n) is 5.75. The van der Waals surface area contributed by atoms with Gasteiger partial charge in [-0.3, -0.25) is 9.59 Å². The van der Waals surface area contributed by atoms with Gasteiger partial charge in [0.05, 0.1) is 11.2 Å². The van der Waals surface area contributed by atoms with Gasteiger partial charge in [0, 0.05) is 37.8 Å². The van der Waals surface area contributed by atoms with Gasteiger partial charge in [-0.2, -0.15) is 0 Å². The first kappa shape index (κ1) is 20.6. The number of nitrogens with one attached hydrogen (secondary N) is 1. The van der Waals surface area contributed by atoms with Gasteiger partial charge in [-0.15, -0.1) is 0 Å². The zero-order valence-corrected chi connectivity index (χ0v) is 17.8. The summed E-state index contributed by atoms with van der Waals surface area (Å²) in [6, 6.07) is 7.98. The van der Waals surface area contributed by atoms with E-state index in [2.05, 4.69) is 4.72 Å². The van der Waals surface area contributed by atoms with E-state index >= 15 is 0 Å². The van der Waals surface area contributed by atoms with Gasteiger partial charge in [-0.25, -0.2) is 13.1 Å². The van der Waals surface area contributed by atoms with Crippen molar-refractivity contribution in [2.75, 3.05) is 18.0 Å². The summed E-state index contributed by atoms with van der Waals surface area (Å²) in [5.41, 5.74) is 1.64. The molecule has 1 atom stereocenters. The molecule has 2 aliphatic rings. The number of nitrogens with zero attached hydrogens (tertiary/aromatic N) is 2. The lowest BCUT2D eigenvalue weighted by atomic mass is 10.1. The lowest BCUT2D eigenvalue weighted by Gasteiger charge is -2.31. The second-order valence-corrected chi connectivity index (χ2v) is 9.61. The Kier molecular flexibility index (Phi) is 5.42. The van der Waals surface area contributed by atoms with Crippen LogP contribution < -0.4 is 9.62 Å². The molecule has 1 aromatic carbocycles. The molecule has 1 unspecified atom stereocenters. The average molecular weight is 432 g/mol. The summed E-state index contributed by atoms with van der Waals surface area (Å²) in [5.74, 6) is 0.0657. The minimum atomic E-state index is -3.69. The maximum atomic E-state index is 12.9. The second kappa shape index (κ2) is 7.88. The molecule has 0 radical (unpaired) electrons. The van der Waals surface area contributed by atoms with Crippen molar-refractivity contribution in [2.45, 2.75) is 50.1 Å². The van der Waals surface area contributed by atoms with Crippen LogP contribution in [0.1, 0.15) is 42.8 Å². The molecule has 1 aromatic heterocycles. The Bertz CT molecular complexity index is 1060. The van der Waals surface area contributed by atoms with Gasteiger partial charge in [0.25, 0.3) is 5.91 Å². The molecule has 1 fully saturated rings. The van der Waals surface area contributed by atoms with E-state index in [1.807, 2.05) is 6.92 Å². The van der Waals surface area contributed by atoms with E-state index in [1.165, 1.54) is 13.2 Å². The molecule has 0 spiro atoms. The molecule has 2 amide bonds. The maximum Gasteiger partial charge on any atom is 0.289 e. The van der Waals surface area contributed by atoms with Gasteiger partial charge in [0.15, 0.2) is 5.76 Å². The van der Waals surface area contributed by atoms with E-state index in [0.717, 1.165) is 11.3 Å². The second-order valence-electron chi connectivity index (χ2n) is 7.90. The minimum Gasteiger partial charge on any atom is -0.459 e. The van der Waals surface area contributed by atoms with Crippen LogP contribution in [0.4, 0.5) is 5.69 Å². The fourth-order valence-corrected chi connectivity index (χ4v) is 5.65. The summed E-state index contributed by atoms with van der Waals surface area (Å²) in [5, 5.41) is 0. The molecule has 9 heteroatoms. The predicted molar refractivity (Wildman–Crippen MR) is 111 cm³/mol. The van der Waals surface area contributed by atoms with Gasteiger partial charge in [0.2, 0.25) is 15.9 Å². The SMILES string of the molecule is CC(=O)N1c2ccc(S(=O)(=O)NC3CCN(C(=O)c4ccco4)CC3)cc2CC1C. The normalized spacial score (nSPS) is 19.7. The summed E-state index contributed by atoms with van der Waals surface area (Å²) in [6.07, 6.45) is 3.16. The minimum absolute atomic E-state index is 0.0134. The van der Waals surface area contributed by atoms with Crippen LogP contribution in [0.5, 0.6) is 0 Å². The molecule has 3 heterocycles. The third-order valence-corrected chi connectivity index (χ3v) is 7.27. The average Bonchev–Trinajstić information content (AvgIpc) is 3.34. The first-order chi connectivity index (χ1) is 14.3. The Morgan fingerprint density at radius 1 is 1.17 bits per heavy atom. The zero-order valence-electron chi connectivity index (χ0n) is 17.0. The van der Waals surface area contributed by atoms with E-state index in [1.54, 1.807) is 40.1 Å². The van der Waals surface area contributed by atoms with E-state index in [-0.39, 0.29) is 28.8 Å². The molecular weight excluding hydrogens is 406 g/mol. The van der Waals surface area contributed by atoms with Gasteiger partial charge in [-0.05, 0) is 62.1 Å². The lowest BCUT2D eigenvalue weighted by Crippen LogP contribution is -2.46. The molecular formula is C21H25N3O5S. The molecule has 0 aliphatic carbocycles. The van der Waals surface area contributed by atoms with Crippen LogP contribution in [0.25, 0.3) is 0 Å². The van der Waals surface area contributed by atoms with E-state index in [4.69, 9.17) is 4.42 Å². The Labute approximate surface area is 175 Å². The number of furan rings is 1. The Hall–Kier alpha value is -2.65. The Balaban J connectivity index is 1.42. The van der Waals surface area contributed by atoms with Crippen molar-refractivity contribution < 1.29 is 22.4 Å². The van der Waals surface area contributed by atoms with Gasteiger partial charge in [0.1, 0.15) is 0 Å². The number of piperidine rings is 1. The van der Waals surface area contributed by atoms with E-state index in [9.17, 15) is 18.0 Å². The standard InChI is InChI=1S/C21H25N3O5S/c1-14-12-16-13-18(5-6-19(16)24(14)15(2)25)30(27,28)22-17-7-9-23(10-8-17)21(26)20-4-3-11-29-20/h3-6,11,13-14,17,22H,7-10,12H2,1-2H3. The van der Waals surface area contributed by atoms with E-state index in [0.29, 0.717) is 38.1 Å². The van der Waals surface area contributed by atoms with Gasteiger partial charge in [-0.1, -0.05) is 0 Å². The summed E-state index contributed by atoms with van der Waals surface area (Å²) in [7, 11) is -3.69. The summed E-state index contributed by atoms with van der Waals surface area (Å²) in [4.78, 5) is 27.8. The van der Waals surface area contributed by atoms with Crippen LogP contribution in [0.2, 0.25) is 0 Å². The van der Waals surface area contributed by atoms with Gasteiger partial charge >= 0.3 is 0 Å². The van der Waals surface area contributed by atoms with Crippen molar-refractivity contribution in [3.63, 3.8) is 0 Å². The lowest BCUT2D eigenvalue weighted by molar-refractivity contribution is -0.116. The molecule has 0 bridgehead atoms. The molecule has 0 saturated carbocycles. The highest BCUT2D eigenvalue weighted by molar-refractivity contribution is 7.89.